The first-order chi connectivity index (χ1) is 11.8. The number of nitrogens with zero attached hydrogens (tertiary/aromatic N) is 2. The van der Waals surface area contributed by atoms with Gasteiger partial charge in [-0.3, -0.25) is 0 Å². The third-order valence-corrected chi connectivity index (χ3v) is 4.01. The van der Waals surface area contributed by atoms with Gasteiger partial charge in [0.05, 0.1) is 0 Å². The van der Waals surface area contributed by atoms with Gasteiger partial charge in [-0.1, -0.05) is 65.0 Å². The van der Waals surface area contributed by atoms with Crippen LogP contribution in [0.3, 0.4) is 0 Å². The van der Waals surface area contributed by atoms with Crippen molar-refractivity contribution in [1.29, 1.82) is 0 Å². The van der Waals surface area contributed by atoms with Gasteiger partial charge in [0.1, 0.15) is 0 Å². The molecule has 0 saturated carbocycles. The van der Waals surface area contributed by atoms with Crippen LogP contribution in [0.5, 0.6) is 0 Å². The fraction of sp³-hybridized carbons (Fsp3) is 0.0476. The van der Waals surface area contributed by atoms with Crippen molar-refractivity contribution in [2.24, 2.45) is 0 Å². The second-order valence-corrected chi connectivity index (χ2v) is 5.72. The van der Waals surface area contributed by atoms with Crippen molar-refractivity contribution in [1.82, 2.24) is 9.97 Å². The van der Waals surface area contributed by atoms with Gasteiger partial charge in [-0.2, -0.15) is 0 Å². The minimum Gasteiger partial charge on any atom is -0.366 e. The smallest absolute Gasteiger partial charge is 0.0384 e. The number of nitrogens with one attached hydrogen (secondary N) is 1. The van der Waals surface area contributed by atoms with Crippen LogP contribution in [0.2, 0.25) is 0 Å². The molecule has 1 radical (unpaired) electrons. The largest absolute Gasteiger partial charge is 0.366 e. The number of aryl methyl sites for hydroxylation is 1. The first-order valence-corrected chi connectivity index (χ1v) is 7.87. The Morgan fingerprint density at radius 3 is 2.40 bits per heavy atom. The summed E-state index contributed by atoms with van der Waals surface area (Å²) in [6.45, 7) is 2.06. The van der Waals surface area contributed by atoms with Crippen molar-refractivity contribution in [3.63, 3.8) is 0 Å². The summed E-state index contributed by atoms with van der Waals surface area (Å²) in [5.74, 6) is 0. The molecule has 0 aliphatic heterocycles. The summed E-state index contributed by atoms with van der Waals surface area (Å²) >= 11 is 0. The minimum atomic E-state index is 0. The zero-order chi connectivity index (χ0) is 16.4. The number of hydrogen-bond donors (Lipinski definition) is 1. The molecule has 4 heteroatoms. The van der Waals surface area contributed by atoms with E-state index in [0.717, 1.165) is 39.1 Å². The molecule has 119 valence electrons. The maximum absolute atomic E-state index is 4.40. The Morgan fingerprint density at radius 1 is 0.800 bits per heavy atom. The summed E-state index contributed by atoms with van der Waals surface area (Å²) in [7, 11) is 0. The minimum absolute atomic E-state index is 0. The van der Waals surface area contributed by atoms with Crippen molar-refractivity contribution in [3.8, 4) is 11.3 Å². The van der Waals surface area contributed by atoms with Crippen molar-refractivity contribution < 1.29 is 32.7 Å². The molecule has 3 nitrogen and oxygen atoms in total. The average Bonchev–Trinajstić information content (AvgIpc) is 2.63. The van der Waals surface area contributed by atoms with Crippen molar-refractivity contribution >= 4 is 22.3 Å². The predicted molar refractivity (Wildman–Crippen MR) is 98.3 cm³/mol. The zero-order valence-corrected chi connectivity index (χ0v) is 16.7. The van der Waals surface area contributed by atoms with Crippen LogP contribution < -0.4 is 5.32 Å². The van der Waals surface area contributed by atoms with Gasteiger partial charge in [0, 0.05) is 50.4 Å². The van der Waals surface area contributed by atoms with E-state index in [-0.39, 0.29) is 32.7 Å². The van der Waals surface area contributed by atoms with Gasteiger partial charge in [-0.05, 0) is 42.4 Å². The van der Waals surface area contributed by atoms with Gasteiger partial charge in [-0.15, -0.1) is 0 Å². The Balaban J connectivity index is 0.00000182. The predicted octanol–water partition coefficient (Wildman–Crippen LogP) is 5.15. The number of hydrogen-bond acceptors (Lipinski definition) is 3. The van der Waals surface area contributed by atoms with Gasteiger partial charge >= 0.3 is 0 Å². The van der Waals surface area contributed by atoms with Crippen molar-refractivity contribution in [2.75, 3.05) is 5.32 Å². The average molecular weight is 399 g/mol. The molecule has 0 amide bonds. The third-order valence-electron chi connectivity index (χ3n) is 4.01. The molecular formula is C21H16N3Y-. The van der Waals surface area contributed by atoms with Crippen LogP contribution in [0.1, 0.15) is 5.56 Å². The number of rotatable bonds is 3. The molecule has 4 aromatic rings. The van der Waals surface area contributed by atoms with Crippen molar-refractivity contribution in [3.05, 3.63) is 84.7 Å². The molecule has 1 heterocycles. The van der Waals surface area contributed by atoms with E-state index in [9.17, 15) is 0 Å². The summed E-state index contributed by atoms with van der Waals surface area (Å²) in [5, 5.41) is 4.47. The molecule has 0 aliphatic rings. The van der Waals surface area contributed by atoms with Gasteiger partial charge in [0.15, 0.2) is 0 Å². The molecule has 0 fully saturated rings. The number of fused-ring (bicyclic) bond motifs is 1. The summed E-state index contributed by atoms with van der Waals surface area (Å²) in [6.07, 6.45) is 2.79. The van der Waals surface area contributed by atoms with E-state index < -0.39 is 0 Å². The molecule has 0 atom stereocenters. The topological polar surface area (TPSA) is 37.8 Å². The van der Waals surface area contributed by atoms with E-state index in [1.807, 2.05) is 42.5 Å². The van der Waals surface area contributed by atoms with Crippen LogP contribution in [0.25, 0.3) is 22.2 Å². The second-order valence-electron chi connectivity index (χ2n) is 5.72. The van der Waals surface area contributed by atoms with Gasteiger partial charge in [0.2, 0.25) is 0 Å². The number of para-hydroxylation sites is 2. The number of anilines is 2. The van der Waals surface area contributed by atoms with Gasteiger partial charge in [0.25, 0.3) is 0 Å². The molecule has 0 unspecified atom stereocenters. The maximum Gasteiger partial charge on any atom is 0.0384 e. The van der Waals surface area contributed by atoms with E-state index in [1.54, 1.807) is 0 Å². The fourth-order valence-electron chi connectivity index (χ4n) is 2.84. The molecular weight excluding hydrogens is 383 g/mol. The maximum atomic E-state index is 4.40. The van der Waals surface area contributed by atoms with Gasteiger partial charge in [-0.25, -0.2) is 0 Å². The second kappa shape index (κ2) is 7.86. The summed E-state index contributed by atoms with van der Waals surface area (Å²) < 4.78 is 0. The first-order valence-electron chi connectivity index (χ1n) is 7.87. The Bertz CT molecular complexity index is 1000. The summed E-state index contributed by atoms with van der Waals surface area (Å²) in [5.41, 5.74) is 6.11. The molecule has 0 spiro atoms. The fourth-order valence-corrected chi connectivity index (χ4v) is 2.84. The third kappa shape index (κ3) is 3.78. The van der Waals surface area contributed by atoms with Crippen LogP contribution in [0.15, 0.2) is 72.8 Å². The van der Waals surface area contributed by atoms with E-state index in [1.165, 1.54) is 0 Å². The molecule has 0 bridgehead atoms. The summed E-state index contributed by atoms with van der Waals surface area (Å²) in [6, 6.07) is 24.5. The van der Waals surface area contributed by atoms with Crippen LogP contribution >= 0.6 is 0 Å². The molecule has 25 heavy (non-hydrogen) atoms. The Labute approximate surface area is 172 Å². The molecule has 0 aliphatic carbocycles. The quantitative estimate of drug-likeness (QED) is 0.485. The van der Waals surface area contributed by atoms with Crippen LogP contribution in [0.4, 0.5) is 11.4 Å². The van der Waals surface area contributed by atoms with E-state index in [2.05, 4.69) is 58.9 Å². The van der Waals surface area contributed by atoms with Crippen LogP contribution in [-0.4, -0.2) is 9.97 Å². The Morgan fingerprint density at radius 2 is 1.56 bits per heavy atom. The number of benzene rings is 3. The first kappa shape index (κ1) is 17.7. The molecule has 1 N–H and O–H groups in total. The van der Waals surface area contributed by atoms with Gasteiger partial charge < -0.3 is 15.3 Å². The Kier molecular flexibility index (Phi) is 5.57. The molecule has 3 aromatic carbocycles. The van der Waals surface area contributed by atoms with E-state index in [4.69, 9.17) is 0 Å². The SMILES string of the molecule is Cc1cccc2c(-c3cccc(Nc4ccccc4)c3)n[c-]nc12.[Y]. The van der Waals surface area contributed by atoms with Crippen molar-refractivity contribution in [2.45, 2.75) is 6.92 Å². The van der Waals surface area contributed by atoms with E-state index in [0.29, 0.717) is 0 Å². The molecule has 4 rings (SSSR count). The number of aromatic nitrogens is 2. The molecule has 1 aromatic heterocycles. The van der Waals surface area contributed by atoms with E-state index >= 15 is 0 Å². The summed E-state index contributed by atoms with van der Waals surface area (Å²) in [4.78, 5) is 8.71. The standard InChI is InChI=1S/C21H16N3.Y/c1-15-7-5-12-19-20(15)22-14-23-21(19)16-8-6-11-18(13-16)24-17-9-3-2-4-10-17;/h2-13,24H,1H3;/q-1;. The normalized spacial score (nSPS) is 10.3. The zero-order valence-electron chi connectivity index (χ0n) is 13.9. The van der Waals surface area contributed by atoms with Crippen LogP contribution in [-0.2, 0) is 32.7 Å². The van der Waals surface area contributed by atoms with Crippen LogP contribution in [0, 0.1) is 13.3 Å². The molecule has 0 saturated heterocycles. The monoisotopic (exact) mass is 399 g/mol. The Hall–Kier alpha value is -2.10.